The van der Waals surface area contributed by atoms with Gasteiger partial charge in [0.1, 0.15) is 0 Å². The fourth-order valence-electron chi connectivity index (χ4n) is 4.06. The zero-order valence-electron chi connectivity index (χ0n) is 14.6. The number of nitrogens with zero attached hydrogens (tertiary/aromatic N) is 5. The van der Waals surface area contributed by atoms with Crippen molar-refractivity contribution in [2.45, 2.75) is 44.6 Å². The number of amides is 1. The molecule has 1 atom stereocenters. The third-order valence-electron chi connectivity index (χ3n) is 5.42. The first-order valence-corrected chi connectivity index (χ1v) is 9.08. The average Bonchev–Trinajstić information content (AvgIpc) is 3.17. The molecule has 0 spiro atoms. The molecule has 1 amide bonds. The molecule has 4 rings (SSSR count). The Hall–Kier alpha value is -2.28. The number of carbonyl (C=O) groups is 1. The molecule has 2 saturated heterocycles. The first kappa shape index (κ1) is 16.2. The number of benzene rings is 1. The fourth-order valence-corrected chi connectivity index (χ4v) is 4.06. The van der Waals surface area contributed by atoms with Crippen molar-refractivity contribution in [3.8, 4) is 0 Å². The molecule has 7 heteroatoms. The van der Waals surface area contributed by atoms with Crippen LogP contribution in [-0.2, 0) is 4.79 Å². The van der Waals surface area contributed by atoms with Crippen LogP contribution in [0.1, 0.15) is 43.0 Å². The lowest BCUT2D eigenvalue weighted by Gasteiger charge is -2.41. The van der Waals surface area contributed by atoms with E-state index < -0.39 is 0 Å². The molecule has 7 nitrogen and oxygen atoms in total. The van der Waals surface area contributed by atoms with Gasteiger partial charge >= 0.3 is 0 Å². The highest BCUT2D eigenvalue weighted by atomic mass is 16.2. The number of piperidine rings is 2. The number of aromatic amines is 1. The first-order valence-electron chi connectivity index (χ1n) is 9.08. The van der Waals surface area contributed by atoms with Crippen LogP contribution in [0, 0.1) is 6.92 Å². The summed E-state index contributed by atoms with van der Waals surface area (Å²) in [6.07, 6.45) is 3.96. The molecule has 25 heavy (non-hydrogen) atoms. The van der Waals surface area contributed by atoms with Crippen molar-refractivity contribution in [1.82, 2.24) is 25.5 Å². The molecule has 2 aromatic rings. The summed E-state index contributed by atoms with van der Waals surface area (Å²) < 4.78 is 0. The number of aryl methyl sites for hydroxylation is 1. The van der Waals surface area contributed by atoms with Gasteiger partial charge in [-0.25, -0.2) is 0 Å². The topological polar surface area (TPSA) is 78.0 Å². The van der Waals surface area contributed by atoms with E-state index in [4.69, 9.17) is 0 Å². The smallest absolute Gasteiger partial charge is 0.244 e. The Morgan fingerprint density at radius 3 is 2.72 bits per heavy atom. The Labute approximate surface area is 147 Å². The van der Waals surface area contributed by atoms with E-state index in [1.807, 2.05) is 17.0 Å². The molecular formula is C18H24N6O. The summed E-state index contributed by atoms with van der Waals surface area (Å²) in [5.74, 6) is 1.40. The minimum absolute atomic E-state index is 0.000445. The Balaban J connectivity index is 1.43. The van der Waals surface area contributed by atoms with Gasteiger partial charge in [-0.3, -0.25) is 9.69 Å². The van der Waals surface area contributed by atoms with Gasteiger partial charge in [0.15, 0.2) is 5.82 Å². The van der Waals surface area contributed by atoms with E-state index in [0.29, 0.717) is 5.92 Å². The largest absolute Gasteiger partial charge is 0.311 e. The number of likely N-dealkylation sites (tertiary alicyclic amines) is 1. The van der Waals surface area contributed by atoms with Crippen molar-refractivity contribution in [3.05, 3.63) is 35.7 Å². The van der Waals surface area contributed by atoms with Crippen molar-refractivity contribution in [1.29, 1.82) is 0 Å². The predicted molar refractivity (Wildman–Crippen MR) is 94.3 cm³/mol. The van der Waals surface area contributed by atoms with Gasteiger partial charge in [-0.05, 0) is 63.4 Å². The van der Waals surface area contributed by atoms with E-state index in [1.165, 1.54) is 5.56 Å². The van der Waals surface area contributed by atoms with Crippen molar-refractivity contribution < 1.29 is 4.79 Å². The predicted octanol–water partition coefficient (Wildman–Crippen LogP) is 1.88. The third-order valence-corrected chi connectivity index (χ3v) is 5.42. The van der Waals surface area contributed by atoms with Gasteiger partial charge in [-0.2, -0.15) is 5.21 Å². The molecule has 2 fully saturated rings. The Morgan fingerprint density at radius 1 is 1.16 bits per heavy atom. The van der Waals surface area contributed by atoms with E-state index in [-0.39, 0.29) is 11.9 Å². The maximum absolute atomic E-state index is 13.1. The molecule has 0 radical (unpaired) electrons. The molecule has 1 N–H and O–H groups in total. The van der Waals surface area contributed by atoms with Crippen molar-refractivity contribution in [2.75, 3.05) is 24.5 Å². The number of rotatable bonds is 3. The van der Waals surface area contributed by atoms with Crippen molar-refractivity contribution >= 4 is 11.6 Å². The molecule has 1 unspecified atom stereocenters. The van der Waals surface area contributed by atoms with E-state index in [1.54, 1.807) is 0 Å². The molecule has 1 aromatic carbocycles. The van der Waals surface area contributed by atoms with Crippen LogP contribution in [0.5, 0.6) is 0 Å². The molecule has 3 heterocycles. The maximum Gasteiger partial charge on any atom is 0.244 e. The lowest BCUT2D eigenvalue weighted by Crippen LogP contribution is -2.54. The van der Waals surface area contributed by atoms with Crippen molar-refractivity contribution in [2.24, 2.45) is 0 Å². The van der Waals surface area contributed by atoms with Crippen LogP contribution in [0.15, 0.2) is 24.3 Å². The van der Waals surface area contributed by atoms with E-state index in [0.717, 1.165) is 56.8 Å². The monoisotopic (exact) mass is 340 g/mol. The van der Waals surface area contributed by atoms with Crippen molar-refractivity contribution in [3.63, 3.8) is 0 Å². The Bertz CT molecular complexity index is 723. The lowest BCUT2D eigenvalue weighted by atomic mass is 9.93. The number of H-pyrrole nitrogens is 1. The minimum atomic E-state index is 0.000445. The number of nitrogens with one attached hydrogen (secondary N) is 1. The molecule has 0 bridgehead atoms. The number of hydrogen-bond acceptors (Lipinski definition) is 5. The van der Waals surface area contributed by atoms with E-state index in [9.17, 15) is 4.79 Å². The summed E-state index contributed by atoms with van der Waals surface area (Å²) in [4.78, 5) is 17.4. The molecule has 0 saturated carbocycles. The van der Waals surface area contributed by atoms with Gasteiger partial charge in [-0.15, -0.1) is 10.2 Å². The molecule has 1 aromatic heterocycles. The van der Waals surface area contributed by atoms with Crippen LogP contribution >= 0.6 is 0 Å². The lowest BCUT2D eigenvalue weighted by molar-refractivity contribution is -0.125. The third kappa shape index (κ3) is 3.28. The summed E-state index contributed by atoms with van der Waals surface area (Å²) in [5, 5.41) is 14.4. The summed E-state index contributed by atoms with van der Waals surface area (Å²) in [7, 11) is 0. The zero-order chi connectivity index (χ0) is 17.2. The van der Waals surface area contributed by atoms with Crippen LogP contribution < -0.4 is 4.90 Å². The number of carbonyl (C=O) groups excluding carboxylic acids is 1. The second-order valence-corrected chi connectivity index (χ2v) is 7.07. The minimum Gasteiger partial charge on any atom is -0.311 e. The number of anilines is 1. The number of tetrazole rings is 1. The second-order valence-electron chi connectivity index (χ2n) is 7.07. The van der Waals surface area contributed by atoms with Gasteiger partial charge in [0.05, 0.1) is 6.04 Å². The normalized spacial score (nSPS) is 23.2. The highest BCUT2D eigenvalue weighted by Crippen LogP contribution is 2.30. The molecule has 2 aliphatic rings. The molecule has 0 aliphatic carbocycles. The molecule has 2 aliphatic heterocycles. The highest BCUT2D eigenvalue weighted by molar-refractivity contribution is 5.98. The SMILES string of the molecule is Cc1cccc(N2CCCC(N3CCC(c4nn[nH]n4)CC3)C2=O)c1. The average molecular weight is 340 g/mol. The van der Waals surface area contributed by atoms with Gasteiger partial charge in [0, 0.05) is 18.2 Å². The van der Waals surface area contributed by atoms with Gasteiger partial charge < -0.3 is 4.90 Å². The number of aromatic nitrogens is 4. The summed E-state index contributed by atoms with van der Waals surface area (Å²) in [6, 6.07) is 8.23. The second kappa shape index (κ2) is 6.92. The number of hydrogen-bond donors (Lipinski definition) is 1. The maximum atomic E-state index is 13.1. The first-order chi connectivity index (χ1) is 12.2. The summed E-state index contributed by atoms with van der Waals surface area (Å²) in [5.41, 5.74) is 2.21. The van der Waals surface area contributed by atoms with Crippen LogP contribution in [-0.4, -0.2) is 57.1 Å². The summed E-state index contributed by atoms with van der Waals surface area (Å²) in [6.45, 7) is 4.71. The van der Waals surface area contributed by atoms with Gasteiger partial charge in [0.25, 0.3) is 0 Å². The van der Waals surface area contributed by atoms with Gasteiger partial charge in [-0.1, -0.05) is 17.3 Å². The Morgan fingerprint density at radius 2 is 2.00 bits per heavy atom. The molecule has 132 valence electrons. The quantitative estimate of drug-likeness (QED) is 0.923. The van der Waals surface area contributed by atoms with E-state index >= 15 is 0 Å². The van der Waals surface area contributed by atoms with Crippen LogP contribution in [0.2, 0.25) is 0 Å². The molecular weight excluding hydrogens is 316 g/mol. The van der Waals surface area contributed by atoms with Crippen LogP contribution in [0.4, 0.5) is 5.69 Å². The fraction of sp³-hybridized carbons (Fsp3) is 0.556. The van der Waals surface area contributed by atoms with Crippen LogP contribution in [0.25, 0.3) is 0 Å². The summed E-state index contributed by atoms with van der Waals surface area (Å²) >= 11 is 0. The Kier molecular flexibility index (Phi) is 4.48. The highest BCUT2D eigenvalue weighted by Gasteiger charge is 2.36. The standard InChI is InChI=1S/C18H24N6O/c1-13-4-2-5-15(12-13)24-9-3-6-16(18(24)25)23-10-7-14(8-11-23)17-19-21-22-20-17/h2,4-5,12,14,16H,3,6-11H2,1H3,(H,19,20,21,22). The van der Waals surface area contributed by atoms with E-state index in [2.05, 4.69) is 44.6 Å². The van der Waals surface area contributed by atoms with Crippen LogP contribution in [0.3, 0.4) is 0 Å². The van der Waals surface area contributed by atoms with Gasteiger partial charge in [0.2, 0.25) is 5.91 Å². The zero-order valence-corrected chi connectivity index (χ0v) is 14.6.